The number of benzene rings is 1. The van der Waals surface area contributed by atoms with E-state index in [-0.39, 0.29) is 0 Å². The highest BCUT2D eigenvalue weighted by atomic mass is 16.5. The summed E-state index contributed by atoms with van der Waals surface area (Å²) in [6.45, 7) is 1.27. The van der Waals surface area contributed by atoms with Gasteiger partial charge in [-0.05, 0) is 30.5 Å². The van der Waals surface area contributed by atoms with E-state index in [2.05, 4.69) is 0 Å². The summed E-state index contributed by atoms with van der Waals surface area (Å²) in [5.74, 6) is 0.664. The number of fused-ring (bicyclic) bond motifs is 1. The third-order valence-corrected chi connectivity index (χ3v) is 3.92. The fraction of sp³-hybridized carbons (Fsp3) is 0.500. The average Bonchev–Trinajstić information content (AvgIpc) is 2.51. The van der Waals surface area contributed by atoms with E-state index in [1.807, 2.05) is 18.2 Å². The Kier molecular flexibility index (Phi) is 2.65. The molecule has 1 heterocycles. The van der Waals surface area contributed by atoms with E-state index in [4.69, 9.17) is 9.47 Å². The number of hydrogen-bond acceptors (Lipinski definition) is 3. The van der Waals surface area contributed by atoms with Gasteiger partial charge >= 0.3 is 5.97 Å². The maximum Gasteiger partial charge on any atom is 0.314 e. The number of aliphatic carboxylic acids is 1. The predicted molar refractivity (Wildman–Crippen MR) is 65.2 cm³/mol. The molecule has 18 heavy (non-hydrogen) atoms. The van der Waals surface area contributed by atoms with E-state index >= 15 is 0 Å². The van der Waals surface area contributed by atoms with Crippen LogP contribution in [0.4, 0.5) is 0 Å². The van der Waals surface area contributed by atoms with Crippen molar-refractivity contribution in [2.45, 2.75) is 31.1 Å². The lowest BCUT2D eigenvalue weighted by atomic mass is 9.64. The van der Waals surface area contributed by atoms with Crippen molar-refractivity contribution < 1.29 is 19.4 Å². The molecular formula is C14H16O4. The van der Waals surface area contributed by atoms with Gasteiger partial charge in [-0.2, -0.15) is 0 Å². The SMILES string of the molecule is O=C(O)C1(c2ccc3c(c2)OCCCO3)CCC1. The maximum atomic E-state index is 11.5. The summed E-state index contributed by atoms with van der Waals surface area (Å²) in [4.78, 5) is 11.5. The van der Waals surface area contributed by atoms with Gasteiger partial charge in [-0.3, -0.25) is 4.79 Å². The second-order valence-corrected chi connectivity index (χ2v) is 4.95. The van der Waals surface area contributed by atoms with E-state index < -0.39 is 11.4 Å². The van der Waals surface area contributed by atoms with Gasteiger partial charge in [0.2, 0.25) is 0 Å². The lowest BCUT2D eigenvalue weighted by molar-refractivity contribution is -0.147. The number of ether oxygens (including phenoxy) is 2. The number of carbonyl (C=O) groups is 1. The number of hydrogen-bond donors (Lipinski definition) is 1. The molecule has 0 spiro atoms. The molecule has 4 nitrogen and oxygen atoms in total. The average molecular weight is 248 g/mol. The quantitative estimate of drug-likeness (QED) is 0.872. The van der Waals surface area contributed by atoms with Crippen molar-refractivity contribution in [1.29, 1.82) is 0 Å². The largest absolute Gasteiger partial charge is 0.490 e. The maximum absolute atomic E-state index is 11.5. The molecule has 0 radical (unpaired) electrons. The molecule has 3 rings (SSSR count). The first kappa shape index (κ1) is 11.4. The van der Waals surface area contributed by atoms with Gasteiger partial charge in [0.05, 0.1) is 18.6 Å². The normalized spacial score (nSPS) is 20.7. The molecule has 96 valence electrons. The summed E-state index contributed by atoms with van der Waals surface area (Å²) in [6.07, 6.45) is 3.25. The Labute approximate surface area is 106 Å². The molecule has 0 aromatic heterocycles. The summed E-state index contributed by atoms with van der Waals surface area (Å²) in [5.41, 5.74) is 0.135. The molecule has 0 saturated heterocycles. The van der Waals surface area contributed by atoms with Crippen LogP contribution < -0.4 is 9.47 Å². The monoisotopic (exact) mass is 248 g/mol. The number of rotatable bonds is 2. The van der Waals surface area contributed by atoms with Gasteiger partial charge in [0, 0.05) is 6.42 Å². The fourth-order valence-corrected chi connectivity index (χ4v) is 2.62. The first-order valence-electron chi connectivity index (χ1n) is 6.36. The summed E-state index contributed by atoms with van der Waals surface area (Å²) in [5, 5.41) is 9.42. The molecule has 1 aliphatic carbocycles. The van der Waals surface area contributed by atoms with Crippen LogP contribution in [-0.4, -0.2) is 24.3 Å². The lowest BCUT2D eigenvalue weighted by Gasteiger charge is -2.38. The topological polar surface area (TPSA) is 55.8 Å². The smallest absolute Gasteiger partial charge is 0.314 e. The minimum Gasteiger partial charge on any atom is -0.490 e. The van der Waals surface area contributed by atoms with E-state index in [1.54, 1.807) is 0 Å². The molecule has 1 aromatic carbocycles. The van der Waals surface area contributed by atoms with Crippen molar-refractivity contribution in [3.05, 3.63) is 23.8 Å². The Morgan fingerprint density at radius 2 is 1.83 bits per heavy atom. The van der Waals surface area contributed by atoms with E-state index in [9.17, 15) is 9.90 Å². The lowest BCUT2D eigenvalue weighted by Crippen LogP contribution is -2.42. The Bertz CT molecular complexity index is 477. The van der Waals surface area contributed by atoms with Gasteiger partial charge in [0.15, 0.2) is 11.5 Å². The minimum atomic E-state index is -0.733. The molecule has 0 unspecified atom stereocenters. The van der Waals surface area contributed by atoms with E-state index in [1.165, 1.54) is 0 Å². The van der Waals surface area contributed by atoms with Crippen molar-refractivity contribution in [3.63, 3.8) is 0 Å². The Balaban J connectivity index is 1.98. The van der Waals surface area contributed by atoms with Crippen LogP contribution in [0, 0.1) is 0 Å². The molecule has 2 aliphatic rings. The van der Waals surface area contributed by atoms with E-state index in [0.29, 0.717) is 31.8 Å². The van der Waals surface area contributed by atoms with E-state index in [0.717, 1.165) is 24.2 Å². The zero-order chi connectivity index (χ0) is 12.6. The van der Waals surface area contributed by atoms with Crippen LogP contribution in [-0.2, 0) is 10.2 Å². The molecule has 1 aliphatic heterocycles. The van der Waals surface area contributed by atoms with Crippen molar-refractivity contribution >= 4 is 5.97 Å². The van der Waals surface area contributed by atoms with Crippen molar-refractivity contribution in [3.8, 4) is 11.5 Å². The Morgan fingerprint density at radius 1 is 1.11 bits per heavy atom. The molecule has 4 heteroatoms. The minimum absolute atomic E-state index is 0.622. The summed E-state index contributed by atoms with van der Waals surface area (Å²) in [6, 6.07) is 5.54. The van der Waals surface area contributed by atoms with Crippen LogP contribution in [0.1, 0.15) is 31.2 Å². The third kappa shape index (κ3) is 1.64. The fourth-order valence-electron chi connectivity index (χ4n) is 2.62. The molecular weight excluding hydrogens is 232 g/mol. The molecule has 0 atom stereocenters. The summed E-state index contributed by atoms with van der Waals surface area (Å²) < 4.78 is 11.2. The van der Waals surface area contributed by atoms with Crippen molar-refractivity contribution in [1.82, 2.24) is 0 Å². The van der Waals surface area contributed by atoms with Crippen LogP contribution in [0.15, 0.2) is 18.2 Å². The van der Waals surface area contributed by atoms with Gasteiger partial charge in [-0.1, -0.05) is 12.5 Å². The highest BCUT2D eigenvalue weighted by Crippen LogP contribution is 2.46. The predicted octanol–water partition coefficient (Wildman–Crippen LogP) is 2.35. The van der Waals surface area contributed by atoms with Crippen molar-refractivity contribution in [2.24, 2.45) is 0 Å². The zero-order valence-corrected chi connectivity index (χ0v) is 10.1. The van der Waals surface area contributed by atoms with Gasteiger partial charge in [0.25, 0.3) is 0 Å². The van der Waals surface area contributed by atoms with Crippen LogP contribution >= 0.6 is 0 Å². The molecule has 1 saturated carbocycles. The molecule has 0 bridgehead atoms. The number of carboxylic acids is 1. The second-order valence-electron chi connectivity index (χ2n) is 4.95. The van der Waals surface area contributed by atoms with Gasteiger partial charge in [-0.15, -0.1) is 0 Å². The standard InChI is InChI=1S/C14H16O4/c15-13(16)14(5-1-6-14)10-3-4-11-12(9-10)18-8-2-7-17-11/h3-4,9H,1-2,5-8H2,(H,15,16). The first-order chi connectivity index (χ1) is 8.72. The van der Waals surface area contributed by atoms with Crippen LogP contribution in [0.25, 0.3) is 0 Å². The molecule has 1 fully saturated rings. The molecule has 1 aromatic rings. The van der Waals surface area contributed by atoms with Gasteiger partial charge in [-0.25, -0.2) is 0 Å². The zero-order valence-electron chi connectivity index (χ0n) is 10.1. The van der Waals surface area contributed by atoms with Crippen LogP contribution in [0.5, 0.6) is 11.5 Å². The molecule has 1 N–H and O–H groups in total. The third-order valence-electron chi connectivity index (χ3n) is 3.92. The highest BCUT2D eigenvalue weighted by Gasteiger charge is 2.46. The van der Waals surface area contributed by atoms with Gasteiger partial charge < -0.3 is 14.6 Å². The number of carboxylic acid groups (broad SMARTS) is 1. The van der Waals surface area contributed by atoms with Gasteiger partial charge in [0.1, 0.15) is 0 Å². The Hall–Kier alpha value is -1.71. The van der Waals surface area contributed by atoms with Crippen molar-refractivity contribution in [2.75, 3.05) is 13.2 Å². The highest BCUT2D eigenvalue weighted by molar-refractivity contribution is 5.83. The second kappa shape index (κ2) is 4.19. The first-order valence-corrected chi connectivity index (χ1v) is 6.36. The Morgan fingerprint density at radius 3 is 2.44 bits per heavy atom. The van der Waals surface area contributed by atoms with Crippen LogP contribution in [0.3, 0.4) is 0 Å². The molecule has 0 amide bonds. The summed E-state index contributed by atoms with van der Waals surface area (Å²) in [7, 11) is 0. The van der Waals surface area contributed by atoms with Crippen LogP contribution in [0.2, 0.25) is 0 Å². The summed E-state index contributed by atoms with van der Waals surface area (Å²) >= 11 is 0.